The van der Waals surface area contributed by atoms with Crippen molar-refractivity contribution in [2.45, 2.75) is 25.9 Å². The molecule has 0 fully saturated rings. The molecule has 1 rings (SSSR count). The van der Waals surface area contributed by atoms with Gasteiger partial charge in [-0.25, -0.2) is 8.78 Å². The predicted octanol–water partition coefficient (Wildman–Crippen LogP) is 1.96. The van der Waals surface area contributed by atoms with E-state index in [9.17, 15) is 8.78 Å². The molecular weight excluding hydrogens is 198 g/mol. The highest BCUT2D eigenvalue weighted by molar-refractivity contribution is 5.20. The van der Waals surface area contributed by atoms with Crippen molar-refractivity contribution < 1.29 is 8.78 Å². The van der Waals surface area contributed by atoms with E-state index in [2.05, 4.69) is 5.32 Å². The van der Waals surface area contributed by atoms with Crippen LogP contribution in [0.1, 0.15) is 25.5 Å². The first kappa shape index (κ1) is 12.1. The minimum Gasteiger partial charge on any atom is -0.329 e. The summed E-state index contributed by atoms with van der Waals surface area (Å²) in [5.74, 6) is -1.64. The monoisotopic (exact) mass is 214 g/mol. The zero-order valence-corrected chi connectivity index (χ0v) is 8.93. The van der Waals surface area contributed by atoms with Crippen LogP contribution in [-0.4, -0.2) is 12.6 Å². The van der Waals surface area contributed by atoms with E-state index in [4.69, 9.17) is 5.73 Å². The molecule has 1 aromatic carbocycles. The number of rotatable bonds is 4. The molecule has 0 aliphatic rings. The third kappa shape index (κ3) is 3.25. The van der Waals surface area contributed by atoms with Gasteiger partial charge >= 0.3 is 0 Å². The number of hydrogen-bond donors (Lipinski definition) is 2. The summed E-state index contributed by atoms with van der Waals surface area (Å²) in [6.07, 6.45) is 0. The van der Waals surface area contributed by atoms with Gasteiger partial charge in [-0.2, -0.15) is 0 Å². The lowest BCUT2D eigenvalue weighted by atomic mass is 10.1. The van der Waals surface area contributed by atoms with Crippen molar-refractivity contribution in [3.05, 3.63) is 35.4 Å². The standard InChI is InChI=1S/C11H16F2N2/c1-7(6-14)15-8(2)9-3-4-10(12)11(13)5-9/h3-5,7-8,15H,6,14H2,1-2H3. The van der Waals surface area contributed by atoms with Crippen LogP contribution in [0, 0.1) is 11.6 Å². The van der Waals surface area contributed by atoms with Gasteiger partial charge in [0.1, 0.15) is 0 Å². The van der Waals surface area contributed by atoms with E-state index in [-0.39, 0.29) is 12.1 Å². The summed E-state index contributed by atoms with van der Waals surface area (Å²) >= 11 is 0. The normalized spacial score (nSPS) is 15.0. The zero-order chi connectivity index (χ0) is 11.4. The molecule has 3 N–H and O–H groups in total. The van der Waals surface area contributed by atoms with Gasteiger partial charge in [-0.05, 0) is 31.5 Å². The summed E-state index contributed by atoms with van der Waals surface area (Å²) in [4.78, 5) is 0. The van der Waals surface area contributed by atoms with Crippen molar-refractivity contribution in [3.8, 4) is 0 Å². The molecule has 1 aromatic rings. The van der Waals surface area contributed by atoms with E-state index in [1.54, 1.807) is 6.07 Å². The summed E-state index contributed by atoms with van der Waals surface area (Å²) in [5.41, 5.74) is 6.17. The molecular formula is C11H16F2N2. The fraction of sp³-hybridized carbons (Fsp3) is 0.455. The average molecular weight is 214 g/mol. The molecule has 84 valence electrons. The highest BCUT2D eigenvalue weighted by Crippen LogP contribution is 2.16. The van der Waals surface area contributed by atoms with Crippen molar-refractivity contribution in [3.63, 3.8) is 0 Å². The largest absolute Gasteiger partial charge is 0.329 e. The molecule has 4 heteroatoms. The molecule has 15 heavy (non-hydrogen) atoms. The Kier molecular flexibility index (Phi) is 4.17. The third-order valence-corrected chi connectivity index (χ3v) is 2.33. The van der Waals surface area contributed by atoms with E-state index in [1.165, 1.54) is 6.07 Å². The predicted molar refractivity (Wildman–Crippen MR) is 56.4 cm³/mol. The molecule has 0 saturated carbocycles. The van der Waals surface area contributed by atoms with Gasteiger partial charge in [-0.3, -0.25) is 0 Å². The van der Waals surface area contributed by atoms with Crippen LogP contribution in [0.5, 0.6) is 0 Å². The van der Waals surface area contributed by atoms with Crippen LogP contribution >= 0.6 is 0 Å². The maximum Gasteiger partial charge on any atom is 0.159 e. The zero-order valence-electron chi connectivity index (χ0n) is 8.93. The quantitative estimate of drug-likeness (QED) is 0.804. The first-order chi connectivity index (χ1) is 7.04. The van der Waals surface area contributed by atoms with Gasteiger partial charge < -0.3 is 11.1 Å². The van der Waals surface area contributed by atoms with E-state index in [0.29, 0.717) is 12.1 Å². The molecule has 2 nitrogen and oxygen atoms in total. The van der Waals surface area contributed by atoms with Crippen LogP contribution in [0.25, 0.3) is 0 Å². The molecule has 0 heterocycles. The molecule has 0 radical (unpaired) electrons. The topological polar surface area (TPSA) is 38.0 Å². The molecule has 0 spiro atoms. The lowest BCUT2D eigenvalue weighted by Gasteiger charge is -2.19. The smallest absolute Gasteiger partial charge is 0.159 e. The maximum absolute atomic E-state index is 12.9. The van der Waals surface area contributed by atoms with Gasteiger partial charge in [0.15, 0.2) is 11.6 Å². The molecule has 0 aliphatic carbocycles. The van der Waals surface area contributed by atoms with Gasteiger partial charge in [0.05, 0.1) is 0 Å². The maximum atomic E-state index is 12.9. The highest BCUT2D eigenvalue weighted by Gasteiger charge is 2.10. The van der Waals surface area contributed by atoms with Gasteiger partial charge in [0.25, 0.3) is 0 Å². The fourth-order valence-corrected chi connectivity index (χ4v) is 1.37. The lowest BCUT2D eigenvalue weighted by Crippen LogP contribution is -2.35. The van der Waals surface area contributed by atoms with Gasteiger partial charge in [0, 0.05) is 18.6 Å². The second kappa shape index (κ2) is 5.19. The van der Waals surface area contributed by atoms with Crippen LogP contribution in [0.4, 0.5) is 8.78 Å². The Morgan fingerprint density at radius 1 is 1.27 bits per heavy atom. The highest BCUT2D eigenvalue weighted by atomic mass is 19.2. The Balaban J connectivity index is 2.73. The van der Waals surface area contributed by atoms with Crippen molar-refractivity contribution in [1.82, 2.24) is 5.32 Å². The fourth-order valence-electron chi connectivity index (χ4n) is 1.37. The van der Waals surface area contributed by atoms with Gasteiger partial charge in [-0.15, -0.1) is 0 Å². The minimum atomic E-state index is -0.821. The van der Waals surface area contributed by atoms with Crippen LogP contribution < -0.4 is 11.1 Å². The SMILES string of the molecule is CC(CN)NC(C)c1ccc(F)c(F)c1. The van der Waals surface area contributed by atoms with Crippen LogP contribution in [0.15, 0.2) is 18.2 Å². The third-order valence-electron chi connectivity index (χ3n) is 2.33. The Bertz CT molecular complexity index is 328. The van der Waals surface area contributed by atoms with Crippen molar-refractivity contribution in [2.24, 2.45) is 5.73 Å². The number of hydrogen-bond acceptors (Lipinski definition) is 2. The lowest BCUT2D eigenvalue weighted by molar-refractivity contribution is 0.474. The van der Waals surface area contributed by atoms with Gasteiger partial charge in [-0.1, -0.05) is 6.07 Å². The summed E-state index contributed by atoms with van der Waals surface area (Å²) in [6.45, 7) is 4.34. The van der Waals surface area contributed by atoms with Crippen molar-refractivity contribution in [1.29, 1.82) is 0 Å². The van der Waals surface area contributed by atoms with Crippen molar-refractivity contribution in [2.75, 3.05) is 6.54 Å². The average Bonchev–Trinajstić information content (AvgIpc) is 2.21. The Labute approximate surface area is 88.5 Å². The van der Waals surface area contributed by atoms with E-state index < -0.39 is 11.6 Å². The molecule has 0 saturated heterocycles. The summed E-state index contributed by atoms with van der Waals surface area (Å²) < 4.78 is 25.6. The Morgan fingerprint density at radius 2 is 1.93 bits per heavy atom. The molecule has 2 atom stereocenters. The number of nitrogens with two attached hydrogens (primary N) is 1. The first-order valence-corrected chi connectivity index (χ1v) is 4.95. The molecule has 2 unspecified atom stereocenters. The van der Waals surface area contributed by atoms with Crippen LogP contribution in [0.3, 0.4) is 0 Å². The Hall–Kier alpha value is -1.00. The van der Waals surface area contributed by atoms with Crippen LogP contribution in [0.2, 0.25) is 0 Å². The van der Waals surface area contributed by atoms with E-state index in [1.807, 2.05) is 13.8 Å². The summed E-state index contributed by atoms with van der Waals surface area (Å²) in [6, 6.07) is 4.01. The number of nitrogens with one attached hydrogen (secondary N) is 1. The first-order valence-electron chi connectivity index (χ1n) is 4.95. The molecule has 0 aromatic heterocycles. The number of benzene rings is 1. The van der Waals surface area contributed by atoms with E-state index >= 15 is 0 Å². The Morgan fingerprint density at radius 3 is 2.47 bits per heavy atom. The van der Waals surface area contributed by atoms with Crippen molar-refractivity contribution >= 4 is 0 Å². The minimum absolute atomic E-state index is 0.0429. The number of halogens is 2. The van der Waals surface area contributed by atoms with Crippen LogP contribution in [-0.2, 0) is 0 Å². The molecule has 0 amide bonds. The second-order valence-corrected chi connectivity index (χ2v) is 3.70. The van der Waals surface area contributed by atoms with E-state index in [0.717, 1.165) is 6.07 Å². The summed E-state index contributed by atoms with van der Waals surface area (Å²) in [7, 11) is 0. The molecule has 0 aliphatic heterocycles. The second-order valence-electron chi connectivity index (χ2n) is 3.70. The van der Waals surface area contributed by atoms with Gasteiger partial charge in [0.2, 0.25) is 0 Å². The molecule has 0 bridgehead atoms. The summed E-state index contributed by atoms with van der Waals surface area (Å²) in [5, 5.41) is 3.18.